The van der Waals surface area contributed by atoms with E-state index in [0.29, 0.717) is 11.7 Å². The quantitative estimate of drug-likeness (QED) is 0.397. The SMILES string of the molecule is Cc1cc(C2C(c3ccccn3)NC(=S)N2Cc2ccccc2)c(C)n1-c1ccccc1O. The summed E-state index contributed by atoms with van der Waals surface area (Å²) in [5, 5.41) is 14.8. The van der Waals surface area contributed by atoms with Crippen molar-refractivity contribution in [3.63, 3.8) is 0 Å². The van der Waals surface area contributed by atoms with E-state index in [1.165, 1.54) is 5.56 Å². The number of nitrogens with one attached hydrogen (secondary N) is 1. The Morgan fingerprint density at radius 3 is 2.42 bits per heavy atom. The summed E-state index contributed by atoms with van der Waals surface area (Å²) < 4.78 is 2.11. The van der Waals surface area contributed by atoms with Crippen LogP contribution in [-0.4, -0.2) is 24.7 Å². The van der Waals surface area contributed by atoms with E-state index >= 15 is 0 Å². The number of nitrogens with zero attached hydrogens (tertiary/aromatic N) is 3. The van der Waals surface area contributed by atoms with Gasteiger partial charge in [-0.15, -0.1) is 0 Å². The zero-order valence-electron chi connectivity index (χ0n) is 18.6. The summed E-state index contributed by atoms with van der Waals surface area (Å²) in [6, 6.07) is 25.9. The van der Waals surface area contributed by atoms with Crippen molar-refractivity contribution < 1.29 is 5.11 Å². The smallest absolute Gasteiger partial charge is 0.170 e. The van der Waals surface area contributed by atoms with Gasteiger partial charge in [-0.3, -0.25) is 4.98 Å². The molecule has 33 heavy (non-hydrogen) atoms. The van der Waals surface area contributed by atoms with Crippen LogP contribution in [0.3, 0.4) is 0 Å². The number of phenols is 1. The van der Waals surface area contributed by atoms with Gasteiger partial charge in [0.05, 0.1) is 23.5 Å². The minimum Gasteiger partial charge on any atom is -0.506 e. The van der Waals surface area contributed by atoms with E-state index in [0.717, 1.165) is 28.3 Å². The number of hydrogen-bond acceptors (Lipinski definition) is 3. The number of phenolic OH excluding ortho intramolecular Hbond substituents is 1. The van der Waals surface area contributed by atoms with Crippen molar-refractivity contribution >= 4 is 17.3 Å². The average molecular weight is 455 g/mol. The van der Waals surface area contributed by atoms with Crippen LogP contribution in [0, 0.1) is 13.8 Å². The zero-order valence-corrected chi connectivity index (χ0v) is 19.5. The Balaban J connectivity index is 1.63. The average Bonchev–Trinajstić information content (AvgIpc) is 3.30. The summed E-state index contributed by atoms with van der Waals surface area (Å²) in [5.41, 5.74) is 6.22. The first kappa shape index (κ1) is 21.2. The molecule has 1 fully saturated rings. The zero-order chi connectivity index (χ0) is 22.9. The van der Waals surface area contributed by atoms with Crippen LogP contribution in [0.4, 0.5) is 0 Å². The van der Waals surface area contributed by atoms with Gasteiger partial charge in [-0.1, -0.05) is 48.5 Å². The molecule has 0 bridgehead atoms. The lowest BCUT2D eigenvalue weighted by atomic mass is 9.96. The predicted molar refractivity (Wildman–Crippen MR) is 134 cm³/mol. The molecule has 1 saturated heterocycles. The second kappa shape index (κ2) is 8.71. The summed E-state index contributed by atoms with van der Waals surface area (Å²) in [6.07, 6.45) is 1.82. The highest BCUT2D eigenvalue weighted by Gasteiger charge is 2.41. The number of rotatable bonds is 5. The molecule has 5 rings (SSSR count). The van der Waals surface area contributed by atoms with Gasteiger partial charge in [-0.2, -0.15) is 0 Å². The van der Waals surface area contributed by atoms with Crippen LogP contribution in [0.5, 0.6) is 5.75 Å². The third-order valence-corrected chi connectivity index (χ3v) is 6.66. The summed E-state index contributed by atoms with van der Waals surface area (Å²) in [7, 11) is 0. The normalized spacial score (nSPS) is 17.9. The lowest BCUT2D eigenvalue weighted by molar-refractivity contribution is 0.310. The summed E-state index contributed by atoms with van der Waals surface area (Å²) in [6.45, 7) is 4.87. The molecule has 166 valence electrons. The number of hydrogen-bond donors (Lipinski definition) is 2. The molecule has 6 heteroatoms. The van der Waals surface area contributed by atoms with Crippen molar-refractivity contribution in [3.05, 3.63) is 113 Å². The molecule has 5 nitrogen and oxygen atoms in total. The molecular weight excluding hydrogens is 428 g/mol. The molecule has 2 aromatic carbocycles. The molecule has 3 heterocycles. The molecule has 2 aromatic heterocycles. The number of para-hydroxylation sites is 2. The summed E-state index contributed by atoms with van der Waals surface area (Å²) in [4.78, 5) is 6.90. The van der Waals surface area contributed by atoms with Gasteiger partial charge in [0.2, 0.25) is 0 Å². The van der Waals surface area contributed by atoms with E-state index in [-0.39, 0.29) is 17.8 Å². The number of aryl methyl sites for hydroxylation is 1. The van der Waals surface area contributed by atoms with Crippen LogP contribution in [-0.2, 0) is 6.54 Å². The fraction of sp³-hybridized carbons (Fsp3) is 0.185. The van der Waals surface area contributed by atoms with Crippen LogP contribution >= 0.6 is 12.2 Å². The topological polar surface area (TPSA) is 53.3 Å². The molecule has 1 aliphatic rings. The lowest BCUT2D eigenvalue weighted by Gasteiger charge is -2.28. The van der Waals surface area contributed by atoms with Gasteiger partial charge in [0, 0.05) is 24.1 Å². The van der Waals surface area contributed by atoms with E-state index in [2.05, 4.69) is 63.9 Å². The molecule has 0 aliphatic carbocycles. The highest BCUT2D eigenvalue weighted by atomic mass is 32.1. The Labute approximate surface area is 199 Å². The maximum atomic E-state index is 10.5. The molecule has 0 spiro atoms. The lowest BCUT2D eigenvalue weighted by Crippen LogP contribution is -2.29. The summed E-state index contributed by atoms with van der Waals surface area (Å²) >= 11 is 5.83. The van der Waals surface area contributed by atoms with E-state index < -0.39 is 0 Å². The minimum absolute atomic E-state index is 0.0431. The second-order valence-corrected chi connectivity index (χ2v) is 8.78. The third-order valence-electron chi connectivity index (χ3n) is 6.31. The maximum Gasteiger partial charge on any atom is 0.170 e. The molecule has 0 radical (unpaired) electrons. The van der Waals surface area contributed by atoms with E-state index in [1.54, 1.807) is 6.07 Å². The highest BCUT2D eigenvalue weighted by molar-refractivity contribution is 7.80. The molecule has 2 N–H and O–H groups in total. The number of aromatic hydroxyl groups is 1. The molecule has 2 atom stereocenters. The number of aromatic nitrogens is 2. The maximum absolute atomic E-state index is 10.5. The Morgan fingerprint density at radius 1 is 0.970 bits per heavy atom. The van der Waals surface area contributed by atoms with Crippen LogP contribution < -0.4 is 5.32 Å². The van der Waals surface area contributed by atoms with Crippen molar-refractivity contribution in [2.75, 3.05) is 0 Å². The van der Waals surface area contributed by atoms with Gasteiger partial charge in [0.25, 0.3) is 0 Å². The Morgan fingerprint density at radius 2 is 1.70 bits per heavy atom. The van der Waals surface area contributed by atoms with Crippen molar-refractivity contribution in [1.82, 2.24) is 19.8 Å². The number of pyridine rings is 1. The van der Waals surface area contributed by atoms with Crippen molar-refractivity contribution in [1.29, 1.82) is 0 Å². The Hall–Kier alpha value is -3.64. The second-order valence-electron chi connectivity index (χ2n) is 8.39. The van der Waals surface area contributed by atoms with Gasteiger partial charge in [-0.05, 0) is 67.5 Å². The van der Waals surface area contributed by atoms with Gasteiger partial charge in [0.15, 0.2) is 5.11 Å². The first-order valence-electron chi connectivity index (χ1n) is 11.0. The first-order valence-corrected chi connectivity index (χ1v) is 11.4. The molecule has 0 amide bonds. The molecule has 0 saturated carbocycles. The monoisotopic (exact) mass is 454 g/mol. The van der Waals surface area contributed by atoms with Crippen LogP contribution in [0.15, 0.2) is 85.1 Å². The van der Waals surface area contributed by atoms with Gasteiger partial charge >= 0.3 is 0 Å². The minimum atomic E-state index is -0.0827. The van der Waals surface area contributed by atoms with Crippen LogP contribution in [0.1, 0.15) is 40.3 Å². The summed E-state index contributed by atoms with van der Waals surface area (Å²) in [5.74, 6) is 0.258. The van der Waals surface area contributed by atoms with Crippen LogP contribution in [0.2, 0.25) is 0 Å². The molecular formula is C27H26N4OS. The van der Waals surface area contributed by atoms with E-state index in [1.807, 2.05) is 48.7 Å². The fourth-order valence-corrected chi connectivity index (χ4v) is 5.11. The molecule has 4 aromatic rings. The molecule has 2 unspecified atom stereocenters. The van der Waals surface area contributed by atoms with Gasteiger partial charge in [0.1, 0.15) is 5.75 Å². The molecule has 1 aliphatic heterocycles. The predicted octanol–water partition coefficient (Wildman–Crippen LogP) is 5.37. The largest absolute Gasteiger partial charge is 0.506 e. The van der Waals surface area contributed by atoms with Gasteiger partial charge in [-0.25, -0.2) is 0 Å². The Kier molecular flexibility index (Phi) is 5.60. The third kappa shape index (κ3) is 3.87. The highest BCUT2D eigenvalue weighted by Crippen LogP contribution is 2.42. The Bertz CT molecular complexity index is 1290. The fourth-order valence-electron chi connectivity index (χ4n) is 4.81. The van der Waals surface area contributed by atoms with Gasteiger partial charge < -0.3 is 19.9 Å². The van der Waals surface area contributed by atoms with E-state index in [9.17, 15) is 5.11 Å². The van der Waals surface area contributed by atoms with Crippen molar-refractivity contribution in [3.8, 4) is 11.4 Å². The van der Waals surface area contributed by atoms with Crippen molar-refractivity contribution in [2.45, 2.75) is 32.5 Å². The van der Waals surface area contributed by atoms with Crippen molar-refractivity contribution in [2.24, 2.45) is 0 Å². The standard InChI is InChI=1S/C27H26N4OS/c1-18-16-21(19(2)31(18)23-13-6-7-14-24(23)32)26-25(22-12-8-9-15-28-22)29-27(33)30(26)17-20-10-4-3-5-11-20/h3-16,25-26,32H,17H2,1-2H3,(H,29,33). The van der Waals surface area contributed by atoms with E-state index in [4.69, 9.17) is 12.2 Å². The van der Waals surface area contributed by atoms with Crippen LogP contribution in [0.25, 0.3) is 5.69 Å². The number of benzene rings is 2. The number of thiocarbonyl (C=S) groups is 1. The first-order chi connectivity index (χ1) is 16.0.